The number of carbonyl (C=O) groups is 3. The van der Waals surface area contributed by atoms with E-state index in [4.69, 9.17) is 0 Å². The van der Waals surface area contributed by atoms with E-state index in [1.807, 2.05) is 0 Å². The third kappa shape index (κ3) is 3.42. The molecule has 2 aromatic carbocycles. The fourth-order valence-corrected chi connectivity index (χ4v) is 2.65. The molecule has 28 heavy (non-hydrogen) atoms. The third-order valence-corrected chi connectivity index (χ3v) is 3.74. The molecular formula is C17H7F6NO4. The first-order chi connectivity index (χ1) is 12.9. The maximum absolute atomic E-state index is 12.9. The van der Waals surface area contributed by atoms with E-state index >= 15 is 0 Å². The van der Waals surface area contributed by atoms with Gasteiger partial charge in [0.25, 0.3) is 17.6 Å². The molecule has 11 heteroatoms. The van der Waals surface area contributed by atoms with E-state index in [2.05, 4.69) is 4.74 Å². The summed E-state index contributed by atoms with van der Waals surface area (Å²) in [4.78, 5) is 36.9. The van der Waals surface area contributed by atoms with E-state index in [0.717, 1.165) is 0 Å². The van der Waals surface area contributed by atoms with E-state index in [-0.39, 0.29) is 17.2 Å². The summed E-state index contributed by atoms with van der Waals surface area (Å²) in [5, 5.41) is 0. The summed E-state index contributed by atoms with van der Waals surface area (Å²) in [6, 6.07) is 6.72. The summed E-state index contributed by atoms with van der Waals surface area (Å²) in [6.45, 7) is 0. The topological polar surface area (TPSA) is 63.7 Å². The number of fused-ring (bicyclic) bond motifs is 1. The lowest BCUT2D eigenvalue weighted by molar-refractivity contribution is -0.274. The molecule has 5 nitrogen and oxygen atoms in total. The van der Waals surface area contributed by atoms with Gasteiger partial charge >= 0.3 is 12.5 Å². The zero-order valence-corrected chi connectivity index (χ0v) is 13.4. The smallest absolute Gasteiger partial charge is 0.406 e. The van der Waals surface area contributed by atoms with Crippen LogP contribution in [0.25, 0.3) is 0 Å². The Morgan fingerprint density at radius 1 is 0.857 bits per heavy atom. The standard InChI is InChI=1S/C17H7F6NO4/c18-16(19,20)13(25)11-7-8(28-17(21,22)23)5-6-12(11)24-14(26)9-3-1-2-4-10(9)15(24)27/h1-7H. The van der Waals surface area contributed by atoms with Crippen LogP contribution >= 0.6 is 0 Å². The number of anilines is 1. The number of hydrogen-bond donors (Lipinski definition) is 0. The quantitative estimate of drug-likeness (QED) is 0.439. The Hall–Kier alpha value is -3.37. The minimum atomic E-state index is -5.47. The van der Waals surface area contributed by atoms with Crippen LogP contribution < -0.4 is 9.64 Å². The van der Waals surface area contributed by atoms with Gasteiger partial charge in [-0.3, -0.25) is 14.4 Å². The second kappa shape index (κ2) is 6.36. The highest BCUT2D eigenvalue weighted by Gasteiger charge is 2.45. The number of rotatable bonds is 3. The average molecular weight is 403 g/mol. The number of carbonyl (C=O) groups excluding carboxylic acids is 3. The first-order valence-electron chi connectivity index (χ1n) is 7.39. The molecule has 0 aromatic heterocycles. The third-order valence-electron chi connectivity index (χ3n) is 3.74. The summed E-state index contributed by atoms with van der Waals surface area (Å²) < 4.78 is 79.4. The van der Waals surface area contributed by atoms with Crippen molar-refractivity contribution in [3.63, 3.8) is 0 Å². The molecule has 0 spiro atoms. The van der Waals surface area contributed by atoms with Crippen LogP contribution in [0.15, 0.2) is 42.5 Å². The Balaban J connectivity index is 2.15. The molecule has 146 valence electrons. The highest BCUT2D eigenvalue weighted by molar-refractivity contribution is 6.35. The lowest BCUT2D eigenvalue weighted by Crippen LogP contribution is -2.33. The van der Waals surface area contributed by atoms with Crippen molar-refractivity contribution in [3.8, 4) is 5.75 Å². The van der Waals surface area contributed by atoms with Crippen LogP contribution in [0.2, 0.25) is 0 Å². The van der Waals surface area contributed by atoms with Gasteiger partial charge in [0.2, 0.25) is 0 Å². The molecule has 0 N–H and O–H groups in total. The van der Waals surface area contributed by atoms with Gasteiger partial charge in [-0.2, -0.15) is 13.2 Å². The second-order valence-electron chi connectivity index (χ2n) is 5.54. The monoisotopic (exact) mass is 403 g/mol. The summed E-state index contributed by atoms with van der Waals surface area (Å²) in [7, 11) is 0. The summed E-state index contributed by atoms with van der Waals surface area (Å²) in [5.41, 5.74) is -2.37. The van der Waals surface area contributed by atoms with Crippen LogP contribution in [0.4, 0.5) is 32.0 Å². The molecule has 0 fully saturated rings. The number of halogens is 6. The van der Waals surface area contributed by atoms with Crippen LogP contribution in [0.5, 0.6) is 5.75 Å². The molecule has 3 rings (SSSR count). The van der Waals surface area contributed by atoms with Gasteiger partial charge in [-0.15, -0.1) is 13.2 Å². The molecular weight excluding hydrogens is 396 g/mol. The predicted molar refractivity (Wildman–Crippen MR) is 81.1 cm³/mol. The lowest BCUT2D eigenvalue weighted by atomic mass is 10.1. The Morgan fingerprint density at radius 3 is 1.86 bits per heavy atom. The number of hydrogen-bond acceptors (Lipinski definition) is 4. The Bertz CT molecular complexity index is 961. The normalized spacial score (nSPS) is 14.3. The van der Waals surface area contributed by atoms with Crippen molar-refractivity contribution in [3.05, 3.63) is 59.2 Å². The second-order valence-corrected chi connectivity index (χ2v) is 5.54. The van der Waals surface area contributed by atoms with Crippen molar-refractivity contribution in [2.45, 2.75) is 12.5 Å². The zero-order chi connectivity index (χ0) is 20.9. The Morgan fingerprint density at radius 2 is 1.39 bits per heavy atom. The number of ether oxygens (including phenoxy) is 1. The maximum Gasteiger partial charge on any atom is 0.573 e. The number of Topliss-reactive ketones (excluding diaryl/α,β-unsaturated/α-hetero) is 1. The molecule has 0 unspecified atom stereocenters. The van der Waals surface area contributed by atoms with E-state index < -0.39 is 47.1 Å². The molecule has 0 saturated heterocycles. The fourth-order valence-electron chi connectivity index (χ4n) is 2.65. The van der Waals surface area contributed by atoms with Crippen molar-refractivity contribution in [2.24, 2.45) is 0 Å². The maximum atomic E-state index is 12.9. The van der Waals surface area contributed by atoms with Gasteiger partial charge in [0.15, 0.2) is 0 Å². The Kier molecular flexibility index (Phi) is 4.40. The molecule has 1 heterocycles. The van der Waals surface area contributed by atoms with Gasteiger partial charge < -0.3 is 4.74 Å². The molecule has 0 aliphatic carbocycles. The Labute approximate surface area is 152 Å². The van der Waals surface area contributed by atoms with Gasteiger partial charge in [-0.05, 0) is 30.3 Å². The van der Waals surface area contributed by atoms with Gasteiger partial charge in [0, 0.05) is 0 Å². The van der Waals surface area contributed by atoms with Crippen molar-refractivity contribution in [1.82, 2.24) is 0 Å². The van der Waals surface area contributed by atoms with Gasteiger partial charge in [-0.1, -0.05) is 12.1 Å². The summed E-state index contributed by atoms with van der Waals surface area (Å²) in [5.74, 6) is -5.67. The summed E-state index contributed by atoms with van der Waals surface area (Å²) >= 11 is 0. The molecule has 2 aromatic rings. The molecule has 0 bridgehead atoms. The average Bonchev–Trinajstić information content (AvgIpc) is 2.84. The highest BCUT2D eigenvalue weighted by Crippen LogP contribution is 2.36. The van der Waals surface area contributed by atoms with Gasteiger partial charge in [0.05, 0.1) is 22.4 Å². The molecule has 0 atom stereocenters. The van der Waals surface area contributed by atoms with E-state index in [9.17, 15) is 40.7 Å². The van der Waals surface area contributed by atoms with Crippen LogP contribution in [0.3, 0.4) is 0 Å². The van der Waals surface area contributed by atoms with Gasteiger partial charge in [-0.25, -0.2) is 4.90 Å². The fraction of sp³-hybridized carbons (Fsp3) is 0.118. The van der Waals surface area contributed by atoms with Crippen molar-refractivity contribution in [2.75, 3.05) is 4.90 Å². The van der Waals surface area contributed by atoms with E-state index in [1.165, 1.54) is 24.3 Å². The molecule has 0 saturated carbocycles. The number of nitrogens with zero attached hydrogens (tertiary/aromatic N) is 1. The summed E-state index contributed by atoms with van der Waals surface area (Å²) in [6.07, 6.45) is -10.7. The van der Waals surface area contributed by atoms with Crippen LogP contribution in [0, 0.1) is 0 Å². The molecule has 1 aliphatic heterocycles. The highest BCUT2D eigenvalue weighted by atomic mass is 19.4. The largest absolute Gasteiger partial charge is 0.573 e. The number of imide groups is 1. The molecule has 2 amide bonds. The SMILES string of the molecule is O=C1c2ccccc2C(=O)N1c1ccc(OC(F)(F)F)cc1C(=O)C(F)(F)F. The predicted octanol–water partition coefficient (Wildman–Crippen LogP) is 4.13. The van der Waals surface area contributed by atoms with Crippen LogP contribution in [-0.2, 0) is 0 Å². The first kappa shape index (κ1) is 19.4. The van der Waals surface area contributed by atoms with Gasteiger partial charge in [0.1, 0.15) is 5.75 Å². The lowest BCUT2D eigenvalue weighted by Gasteiger charge is -2.19. The number of alkyl halides is 6. The zero-order valence-electron chi connectivity index (χ0n) is 13.4. The van der Waals surface area contributed by atoms with Crippen molar-refractivity contribution >= 4 is 23.3 Å². The van der Waals surface area contributed by atoms with E-state index in [0.29, 0.717) is 17.0 Å². The van der Waals surface area contributed by atoms with Crippen LogP contribution in [-0.4, -0.2) is 30.1 Å². The number of amides is 2. The van der Waals surface area contributed by atoms with E-state index in [1.54, 1.807) is 0 Å². The number of ketones is 1. The van der Waals surface area contributed by atoms with Crippen molar-refractivity contribution < 1.29 is 45.5 Å². The minimum absolute atomic E-state index is 0.117. The van der Waals surface area contributed by atoms with Crippen LogP contribution in [0.1, 0.15) is 31.1 Å². The molecule has 1 aliphatic rings. The first-order valence-corrected chi connectivity index (χ1v) is 7.39. The number of benzene rings is 2. The molecule has 0 radical (unpaired) electrons. The minimum Gasteiger partial charge on any atom is -0.406 e. The van der Waals surface area contributed by atoms with Crippen molar-refractivity contribution in [1.29, 1.82) is 0 Å².